The van der Waals surface area contributed by atoms with Gasteiger partial charge in [-0.25, -0.2) is 4.98 Å². The topological polar surface area (TPSA) is 108 Å². The SMILES string of the molecule is COC(=O)CCCN1[C@@H]2CCC[C@H]1CC(Nc1nc(Nc3cc(C)[nH]n3)cc3ncccc13)C2. The van der Waals surface area contributed by atoms with Crippen molar-refractivity contribution in [3.05, 3.63) is 36.2 Å². The van der Waals surface area contributed by atoms with Crippen LogP contribution in [0, 0.1) is 6.92 Å². The number of piperidine rings is 2. The van der Waals surface area contributed by atoms with Crippen LogP contribution in [0.5, 0.6) is 0 Å². The lowest BCUT2D eigenvalue weighted by Crippen LogP contribution is -2.55. The Morgan fingerprint density at radius 3 is 2.79 bits per heavy atom. The largest absolute Gasteiger partial charge is 0.469 e. The van der Waals surface area contributed by atoms with Gasteiger partial charge in [-0.05, 0) is 57.7 Å². The Morgan fingerprint density at radius 1 is 1.24 bits per heavy atom. The normalized spacial score (nSPS) is 22.5. The van der Waals surface area contributed by atoms with Gasteiger partial charge in [-0.2, -0.15) is 5.10 Å². The Labute approximate surface area is 199 Å². The molecular formula is C25H33N7O2. The van der Waals surface area contributed by atoms with Crippen molar-refractivity contribution in [1.29, 1.82) is 0 Å². The van der Waals surface area contributed by atoms with Crippen LogP contribution in [0.15, 0.2) is 30.5 Å². The van der Waals surface area contributed by atoms with Crippen LogP contribution in [0.4, 0.5) is 17.5 Å². The van der Waals surface area contributed by atoms with Crippen LogP contribution in [-0.2, 0) is 9.53 Å². The van der Waals surface area contributed by atoms with E-state index in [4.69, 9.17) is 9.72 Å². The highest BCUT2D eigenvalue weighted by Crippen LogP contribution is 2.36. The summed E-state index contributed by atoms with van der Waals surface area (Å²) >= 11 is 0. The Morgan fingerprint density at radius 2 is 2.06 bits per heavy atom. The number of H-pyrrole nitrogens is 1. The summed E-state index contributed by atoms with van der Waals surface area (Å²) in [4.78, 5) is 23.6. The molecule has 2 bridgehead atoms. The number of aromatic nitrogens is 4. The summed E-state index contributed by atoms with van der Waals surface area (Å²) < 4.78 is 4.81. The van der Waals surface area contributed by atoms with E-state index in [2.05, 4.69) is 36.8 Å². The van der Waals surface area contributed by atoms with Crippen LogP contribution < -0.4 is 10.6 Å². The lowest BCUT2D eigenvalue weighted by atomic mass is 9.81. The molecule has 0 aliphatic carbocycles. The molecule has 0 radical (unpaired) electrons. The first-order valence-electron chi connectivity index (χ1n) is 12.2. The van der Waals surface area contributed by atoms with E-state index in [0.717, 1.165) is 59.9 Å². The number of methoxy groups -OCH3 is 1. The highest BCUT2D eigenvalue weighted by atomic mass is 16.5. The Balaban J connectivity index is 1.31. The third kappa shape index (κ3) is 4.99. The molecule has 0 amide bonds. The molecule has 2 saturated heterocycles. The van der Waals surface area contributed by atoms with E-state index >= 15 is 0 Å². The lowest BCUT2D eigenvalue weighted by molar-refractivity contribution is -0.140. The van der Waals surface area contributed by atoms with Gasteiger partial charge in [-0.1, -0.05) is 6.42 Å². The van der Waals surface area contributed by atoms with Gasteiger partial charge in [0.15, 0.2) is 5.82 Å². The Kier molecular flexibility index (Phi) is 6.62. The van der Waals surface area contributed by atoms with E-state index < -0.39 is 0 Å². The van der Waals surface area contributed by atoms with Crippen LogP contribution in [0.3, 0.4) is 0 Å². The molecule has 5 rings (SSSR count). The molecule has 2 aliphatic heterocycles. The third-order valence-corrected chi connectivity index (χ3v) is 7.05. The smallest absolute Gasteiger partial charge is 0.305 e. The summed E-state index contributed by atoms with van der Waals surface area (Å²) in [6.45, 7) is 2.93. The van der Waals surface area contributed by atoms with E-state index in [-0.39, 0.29) is 5.97 Å². The number of ether oxygens (including phenoxy) is 1. The van der Waals surface area contributed by atoms with E-state index in [9.17, 15) is 4.79 Å². The second-order valence-electron chi connectivity index (χ2n) is 9.46. The number of esters is 1. The molecule has 34 heavy (non-hydrogen) atoms. The minimum atomic E-state index is -0.119. The van der Waals surface area contributed by atoms with Gasteiger partial charge in [-0.15, -0.1) is 0 Å². The number of rotatable bonds is 8. The number of anilines is 3. The quantitative estimate of drug-likeness (QED) is 0.428. The van der Waals surface area contributed by atoms with E-state index in [0.29, 0.717) is 24.5 Å². The first kappa shape index (κ1) is 22.6. The van der Waals surface area contributed by atoms with Gasteiger partial charge in [0.25, 0.3) is 0 Å². The van der Waals surface area contributed by atoms with Gasteiger partial charge in [0.2, 0.25) is 0 Å². The number of nitrogens with one attached hydrogen (secondary N) is 3. The van der Waals surface area contributed by atoms with Gasteiger partial charge in [0.1, 0.15) is 11.6 Å². The number of carbonyl (C=O) groups is 1. The molecule has 180 valence electrons. The number of pyridine rings is 2. The number of aromatic amines is 1. The van der Waals surface area contributed by atoms with Gasteiger partial charge < -0.3 is 15.4 Å². The number of hydrogen-bond donors (Lipinski definition) is 3. The molecule has 3 N–H and O–H groups in total. The zero-order valence-corrected chi connectivity index (χ0v) is 19.9. The van der Waals surface area contributed by atoms with E-state index in [1.165, 1.54) is 26.4 Å². The minimum absolute atomic E-state index is 0.119. The monoisotopic (exact) mass is 463 g/mol. The molecule has 9 nitrogen and oxygen atoms in total. The maximum absolute atomic E-state index is 11.5. The molecule has 9 heteroatoms. The average molecular weight is 464 g/mol. The summed E-state index contributed by atoms with van der Waals surface area (Å²) in [7, 11) is 1.46. The van der Waals surface area contributed by atoms with Gasteiger partial charge in [-0.3, -0.25) is 19.8 Å². The first-order valence-corrected chi connectivity index (χ1v) is 12.2. The van der Waals surface area contributed by atoms with Crippen LogP contribution in [-0.4, -0.2) is 62.8 Å². The molecule has 3 aromatic rings. The summed E-state index contributed by atoms with van der Waals surface area (Å²) in [5, 5.41) is 15.3. The molecule has 0 spiro atoms. The van der Waals surface area contributed by atoms with Crippen LogP contribution in [0.25, 0.3) is 10.9 Å². The third-order valence-electron chi connectivity index (χ3n) is 7.05. The van der Waals surface area contributed by atoms with Crippen LogP contribution >= 0.6 is 0 Å². The van der Waals surface area contributed by atoms with Crippen molar-refractivity contribution in [3.63, 3.8) is 0 Å². The highest BCUT2D eigenvalue weighted by Gasteiger charge is 2.38. The molecule has 1 unspecified atom stereocenters. The van der Waals surface area contributed by atoms with Crippen molar-refractivity contribution in [2.75, 3.05) is 24.3 Å². The van der Waals surface area contributed by atoms with E-state index in [1.807, 2.05) is 31.3 Å². The van der Waals surface area contributed by atoms with Crippen molar-refractivity contribution >= 4 is 34.3 Å². The van der Waals surface area contributed by atoms with Crippen molar-refractivity contribution in [2.24, 2.45) is 0 Å². The molecule has 2 aliphatic rings. The van der Waals surface area contributed by atoms with Gasteiger partial charge in [0, 0.05) is 54.0 Å². The predicted molar refractivity (Wildman–Crippen MR) is 132 cm³/mol. The summed E-state index contributed by atoms with van der Waals surface area (Å²) in [6.07, 6.45) is 9.02. The number of aryl methyl sites for hydroxylation is 1. The lowest BCUT2D eigenvalue weighted by Gasteiger charge is -2.49. The second kappa shape index (κ2) is 9.97. The molecule has 0 saturated carbocycles. The predicted octanol–water partition coefficient (Wildman–Crippen LogP) is 4.16. The number of fused-ring (bicyclic) bond motifs is 3. The van der Waals surface area contributed by atoms with E-state index in [1.54, 1.807) is 0 Å². The van der Waals surface area contributed by atoms with Crippen molar-refractivity contribution in [3.8, 4) is 0 Å². The average Bonchev–Trinajstić information content (AvgIpc) is 3.23. The van der Waals surface area contributed by atoms with Crippen LogP contribution in [0.1, 0.15) is 50.6 Å². The highest BCUT2D eigenvalue weighted by molar-refractivity contribution is 5.91. The summed E-state index contributed by atoms with van der Waals surface area (Å²) in [5.74, 6) is 2.20. The second-order valence-corrected chi connectivity index (χ2v) is 9.46. The fourth-order valence-electron chi connectivity index (χ4n) is 5.53. The molecule has 2 fully saturated rings. The molecule has 3 aromatic heterocycles. The van der Waals surface area contributed by atoms with Gasteiger partial charge in [0.05, 0.1) is 12.6 Å². The Bertz CT molecular complexity index is 1130. The van der Waals surface area contributed by atoms with Crippen molar-refractivity contribution in [2.45, 2.75) is 70.0 Å². The molecule has 5 heterocycles. The molecule has 3 atom stereocenters. The Hall–Kier alpha value is -3.20. The number of carbonyl (C=O) groups excluding carboxylic acids is 1. The fraction of sp³-hybridized carbons (Fsp3) is 0.520. The maximum Gasteiger partial charge on any atom is 0.305 e. The zero-order chi connectivity index (χ0) is 23.5. The molecule has 0 aromatic carbocycles. The van der Waals surface area contributed by atoms with Gasteiger partial charge >= 0.3 is 5.97 Å². The minimum Gasteiger partial charge on any atom is -0.469 e. The zero-order valence-electron chi connectivity index (χ0n) is 19.9. The first-order chi connectivity index (χ1) is 16.6. The fourth-order valence-corrected chi connectivity index (χ4v) is 5.53. The number of nitrogens with zero attached hydrogens (tertiary/aromatic N) is 4. The van der Waals surface area contributed by atoms with Crippen molar-refractivity contribution in [1.82, 2.24) is 25.1 Å². The maximum atomic E-state index is 11.5. The number of hydrogen-bond acceptors (Lipinski definition) is 8. The summed E-state index contributed by atoms with van der Waals surface area (Å²) in [6, 6.07) is 9.38. The standard InChI is InChI=1S/C25H33N7O2/c1-16-12-23(31-30-16)28-22-15-21-20(8-4-10-26-21)25(29-22)27-17-13-18-6-3-7-19(14-17)32(18)11-5-9-24(33)34-2/h4,8,10,12,15,17-19H,3,5-7,9,11,13-14H2,1-2H3,(H3,27,28,29,30,31)/t17?,18-,19+. The summed E-state index contributed by atoms with van der Waals surface area (Å²) in [5.41, 5.74) is 1.89. The van der Waals surface area contributed by atoms with Crippen molar-refractivity contribution < 1.29 is 9.53 Å². The molecular weight excluding hydrogens is 430 g/mol. The van der Waals surface area contributed by atoms with Crippen LogP contribution in [0.2, 0.25) is 0 Å².